The van der Waals surface area contributed by atoms with Gasteiger partial charge in [-0.05, 0) is 83.2 Å². The maximum absolute atomic E-state index is 15.7. The molecule has 13 heteroatoms. The fraction of sp³-hybridized carbons (Fsp3) is 0.531. The molecule has 3 aliphatic rings. The number of rotatable bonds is 5. The second kappa shape index (κ2) is 12.1. The molecule has 2 amide bonds. The summed E-state index contributed by atoms with van der Waals surface area (Å²) in [7, 11) is 1.60. The first-order chi connectivity index (χ1) is 21.1. The summed E-state index contributed by atoms with van der Waals surface area (Å²) in [5, 5.41) is 2.65. The lowest BCUT2D eigenvalue weighted by Gasteiger charge is -2.53. The highest BCUT2D eigenvalue weighted by atomic mass is 19.4. The van der Waals surface area contributed by atoms with E-state index in [9.17, 15) is 27.6 Å². The standard InChI is InChI=1S/C32H39F4N5O4/c1-20-27(33)41(19-31(3,39(20)4)38-28(43)24-18-37-26(42)17-25(24)32(34,35)36)23-10-8-22(9-11-23)21-7-5-15-40(16-12-21)29(44)45-30(2)13-6-14-30/h7-11,17-18,20,27H,5-6,12-16,19H2,1-4H3,(H,37,42)(H,38,43)/t20-,27?,31+/m1/s1. The number of alkyl halides is 4. The molecule has 5 rings (SSSR count). The molecule has 2 aliphatic heterocycles. The van der Waals surface area contributed by atoms with Crippen molar-refractivity contribution in [3.63, 3.8) is 0 Å². The zero-order valence-electron chi connectivity index (χ0n) is 25.8. The van der Waals surface area contributed by atoms with Crippen molar-refractivity contribution in [2.24, 2.45) is 0 Å². The van der Waals surface area contributed by atoms with Gasteiger partial charge in [0.15, 0.2) is 6.30 Å². The van der Waals surface area contributed by atoms with Crippen molar-refractivity contribution < 1.29 is 31.9 Å². The van der Waals surface area contributed by atoms with Gasteiger partial charge in [0, 0.05) is 31.0 Å². The Balaban J connectivity index is 1.29. The van der Waals surface area contributed by atoms with E-state index in [1.807, 2.05) is 19.1 Å². The van der Waals surface area contributed by atoms with Crippen LogP contribution in [0.4, 0.5) is 28.0 Å². The zero-order valence-corrected chi connectivity index (χ0v) is 25.8. The number of aromatic nitrogens is 1. The lowest BCUT2D eigenvalue weighted by molar-refractivity contribution is -0.138. The number of carbonyl (C=O) groups is 2. The van der Waals surface area contributed by atoms with Crippen LogP contribution in [0.15, 0.2) is 47.4 Å². The molecular formula is C32H39F4N5O4. The number of amides is 2. The molecule has 3 heterocycles. The van der Waals surface area contributed by atoms with E-state index in [4.69, 9.17) is 4.74 Å². The van der Waals surface area contributed by atoms with E-state index in [0.717, 1.165) is 36.6 Å². The number of benzene rings is 1. The largest absolute Gasteiger partial charge is 0.443 e. The Morgan fingerprint density at radius 2 is 1.80 bits per heavy atom. The Kier molecular flexibility index (Phi) is 8.78. The maximum atomic E-state index is 15.7. The van der Waals surface area contributed by atoms with Crippen molar-refractivity contribution in [3.05, 3.63) is 69.6 Å². The third kappa shape index (κ3) is 6.73. The lowest BCUT2D eigenvalue weighted by atomic mass is 9.82. The van der Waals surface area contributed by atoms with Gasteiger partial charge in [-0.25, -0.2) is 9.18 Å². The molecule has 1 unspecified atom stereocenters. The van der Waals surface area contributed by atoms with Crippen LogP contribution in [0.5, 0.6) is 0 Å². The third-order valence-electron chi connectivity index (χ3n) is 9.43. The highest BCUT2D eigenvalue weighted by Gasteiger charge is 2.47. The van der Waals surface area contributed by atoms with Gasteiger partial charge >= 0.3 is 12.3 Å². The number of hydrogen-bond donors (Lipinski definition) is 2. The Labute approximate surface area is 259 Å². The highest BCUT2D eigenvalue weighted by molar-refractivity contribution is 5.96. The van der Waals surface area contributed by atoms with Gasteiger partial charge in [-0.15, -0.1) is 0 Å². The smallest absolute Gasteiger partial charge is 0.417 e. The van der Waals surface area contributed by atoms with Crippen LogP contribution in [0.25, 0.3) is 5.57 Å². The first-order valence-corrected chi connectivity index (χ1v) is 15.1. The summed E-state index contributed by atoms with van der Waals surface area (Å²) in [6.45, 7) is 6.24. The fourth-order valence-corrected chi connectivity index (χ4v) is 6.22. The van der Waals surface area contributed by atoms with Crippen LogP contribution in [0.2, 0.25) is 0 Å². The van der Waals surface area contributed by atoms with Gasteiger partial charge < -0.3 is 24.8 Å². The number of pyridine rings is 1. The molecular weight excluding hydrogens is 594 g/mol. The number of likely N-dealkylation sites (N-methyl/N-ethyl adjacent to an activating group) is 1. The van der Waals surface area contributed by atoms with Crippen LogP contribution in [0, 0.1) is 0 Å². The van der Waals surface area contributed by atoms with E-state index < -0.39 is 46.8 Å². The average molecular weight is 634 g/mol. The number of H-pyrrole nitrogens is 1. The van der Waals surface area contributed by atoms with Crippen molar-refractivity contribution in [1.29, 1.82) is 0 Å². The molecule has 1 aromatic carbocycles. The van der Waals surface area contributed by atoms with Gasteiger partial charge in [0.2, 0.25) is 5.56 Å². The van der Waals surface area contributed by atoms with Gasteiger partial charge in [0.25, 0.3) is 5.91 Å². The summed E-state index contributed by atoms with van der Waals surface area (Å²) in [6, 6.07) is 6.93. The molecule has 1 saturated carbocycles. The van der Waals surface area contributed by atoms with Gasteiger partial charge in [0.1, 0.15) is 11.3 Å². The predicted octanol–water partition coefficient (Wildman–Crippen LogP) is 5.53. The number of anilines is 1. The van der Waals surface area contributed by atoms with Crippen LogP contribution in [0.1, 0.15) is 74.4 Å². The minimum absolute atomic E-state index is 0.0660. The van der Waals surface area contributed by atoms with Crippen LogP contribution >= 0.6 is 0 Å². The molecule has 2 N–H and O–H groups in total. The molecule has 244 valence electrons. The number of halogens is 4. The summed E-state index contributed by atoms with van der Waals surface area (Å²) >= 11 is 0. The molecule has 1 saturated heterocycles. The number of ether oxygens (including phenoxy) is 1. The number of hydrogen-bond acceptors (Lipinski definition) is 6. The minimum atomic E-state index is -4.92. The first-order valence-electron chi connectivity index (χ1n) is 15.1. The fourth-order valence-electron chi connectivity index (χ4n) is 6.22. The van der Waals surface area contributed by atoms with Crippen LogP contribution in [-0.4, -0.2) is 77.1 Å². The topological polar surface area (TPSA) is 98.0 Å². The van der Waals surface area contributed by atoms with Crippen molar-refractivity contribution in [1.82, 2.24) is 20.1 Å². The molecule has 45 heavy (non-hydrogen) atoms. The molecule has 3 atom stereocenters. The molecule has 1 aromatic heterocycles. The highest BCUT2D eigenvalue weighted by Crippen LogP contribution is 2.37. The summed E-state index contributed by atoms with van der Waals surface area (Å²) in [5.41, 5.74) is -2.16. The Morgan fingerprint density at radius 3 is 2.42 bits per heavy atom. The molecule has 2 aromatic rings. The van der Waals surface area contributed by atoms with Gasteiger partial charge in [-0.1, -0.05) is 18.2 Å². The number of piperazine rings is 1. The van der Waals surface area contributed by atoms with Crippen molar-refractivity contribution >= 4 is 23.3 Å². The van der Waals surface area contributed by atoms with Crippen molar-refractivity contribution in [2.75, 3.05) is 31.6 Å². The first kappa shape index (κ1) is 32.5. The monoisotopic (exact) mass is 633 g/mol. The quantitative estimate of drug-likeness (QED) is 0.332. The Hall–Kier alpha value is -3.87. The number of nitrogens with zero attached hydrogens (tertiary/aromatic N) is 3. The van der Waals surface area contributed by atoms with Crippen LogP contribution < -0.4 is 15.8 Å². The van der Waals surface area contributed by atoms with Crippen LogP contribution in [-0.2, 0) is 10.9 Å². The van der Waals surface area contributed by atoms with Gasteiger partial charge in [0.05, 0.1) is 23.7 Å². The number of aromatic amines is 1. The summed E-state index contributed by atoms with van der Waals surface area (Å²) in [4.78, 5) is 44.4. The number of nitrogens with one attached hydrogen (secondary N) is 2. The third-order valence-corrected chi connectivity index (χ3v) is 9.43. The SMILES string of the molecule is C[C@@H]1C(F)N(c2ccc(C3=CCCN(C(=O)OC4(C)CCC4)CC3)cc2)C[C@@](C)(NC(=O)c2c[nH]c(=O)cc2C(F)(F)F)N1C. The lowest BCUT2D eigenvalue weighted by Crippen LogP contribution is -2.72. The number of carbonyl (C=O) groups excluding carboxylic acids is 2. The normalized spacial score (nSPS) is 25.6. The Morgan fingerprint density at radius 1 is 1.11 bits per heavy atom. The van der Waals surface area contributed by atoms with E-state index in [1.165, 1.54) is 4.90 Å². The van der Waals surface area contributed by atoms with Crippen molar-refractivity contribution in [3.8, 4) is 0 Å². The minimum Gasteiger partial charge on any atom is -0.443 e. The molecule has 0 spiro atoms. The summed E-state index contributed by atoms with van der Waals surface area (Å²) in [5.74, 6) is -1.05. The maximum Gasteiger partial charge on any atom is 0.417 e. The van der Waals surface area contributed by atoms with Gasteiger partial charge in [-0.3, -0.25) is 14.5 Å². The second-order valence-corrected chi connectivity index (χ2v) is 12.7. The molecule has 9 nitrogen and oxygen atoms in total. The average Bonchev–Trinajstić information content (AvgIpc) is 3.23. The predicted molar refractivity (Wildman–Crippen MR) is 161 cm³/mol. The Bertz CT molecular complexity index is 1520. The van der Waals surface area contributed by atoms with E-state index in [2.05, 4.69) is 16.4 Å². The second-order valence-electron chi connectivity index (χ2n) is 12.7. The summed E-state index contributed by atoms with van der Waals surface area (Å²) in [6.07, 6.45) is 0.298. The zero-order chi connectivity index (χ0) is 32.7. The molecule has 0 bridgehead atoms. The van der Waals surface area contributed by atoms with E-state index in [-0.39, 0.29) is 18.2 Å². The van der Waals surface area contributed by atoms with E-state index in [0.29, 0.717) is 37.7 Å². The molecule has 0 radical (unpaired) electrons. The summed E-state index contributed by atoms with van der Waals surface area (Å²) < 4.78 is 62.4. The van der Waals surface area contributed by atoms with Crippen LogP contribution in [0.3, 0.4) is 0 Å². The van der Waals surface area contributed by atoms with Gasteiger partial charge in [-0.2, -0.15) is 13.2 Å². The molecule has 1 aliphatic carbocycles. The van der Waals surface area contributed by atoms with Crippen molar-refractivity contribution in [2.45, 2.75) is 82.7 Å². The molecule has 2 fully saturated rings. The van der Waals surface area contributed by atoms with E-state index in [1.54, 1.807) is 42.8 Å². The van der Waals surface area contributed by atoms with E-state index >= 15 is 4.39 Å².